The Bertz CT molecular complexity index is 618. The summed E-state index contributed by atoms with van der Waals surface area (Å²) in [5.74, 6) is 2.86. The first kappa shape index (κ1) is 16.4. The van der Waals surface area contributed by atoms with E-state index in [1.807, 2.05) is 12.1 Å². The molecule has 1 aliphatic rings. The van der Waals surface area contributed by atoms with Gasteiger partial charge in [0.25, 0.3) is 0 Å². The Kier molecular flexibility index (Phi) is 5.60. The first-order valence-corrected chi connectivity index (χ1v) is 9.46. The minimum absolute atomic E-state index is 0.583. The average Bonchev–Trinajstić information content (AvgIpc) is 2.95. The highest BCUT2D eigenvalue weighted by Crippen LogP contribution is 2.32. The lowest BCUT2D eigenvalue weighted by atomic mass is 9.95. The molecule has 0 saturated heterocycles. The predicted molar refractivity (Wildman–Crippen MR) is 94.3 cm³/mol. The Morgan fingerprint density at radius 2 is 1.83 bits per heavy atom. The third kappa shape index (κ3) is 4.28. The lowest BCUT2D eigenvalue weighted by Gasteiger charge is -2.24. The van der Waals surface area contributed by atoms with Gasteiger partial charge in [0.2, 0.25) is 0 Å². The van der Waals surface area contributed by atoms with Crippen molar-refractivity contribution in [3.05, 3.63) is 35.7 Å². The highest BCUT2D eigenvalue weighted by Gasteiger charge is 2.21. The molecule has 0 radical (unpaired) electrons. The molecule has 1 heterocycles. The van der Waals surface area contributed by atoms with Crippen molar-refractivity contribution in [2.45, 2.75) is 57.1 Å². The van der Waals surface area contributed by atoms with E-state index in [-0.39, 0.29) is 0 Å². The summed E-state index contributed by atoms with van der Waals surface area (Å²) in [7, 11) is 0. The fraction of sp³-hybridized carbons (Fsp3) is 0.556. The number of nitrogens with zero attached hydrogens (tertiary/aromatic N) is 3. The summed E-state index contributed by atoms with van der Waals surface area (Å²) in [6.07, 6.45) is 6.52. The van der Waals surface area contributed by atoms with Crippen LogP contribution in [0.5, 0.6) is 5.75 Å². The maximum atomic E-state index is 5.80. The van der Waals surface area contributed by atoms with Crippen molar-refractivity contribution in [1.29, 1.82) is 0 Å². The maximum Gasteiger partial charge on any atom is 0.191 e. The van der Waals surface area contributed by atoms with Gasteiger partial charge in [-0.2, -0.15) is 0 Å². The molecule has 0 unspecified atom stereocenters. The average molecular weight is 331 g/mol. The van der Waals surface area contributed by atoms with E-state index in [9.17, 15) is 0 Å². The third-order valence-electron chi connectivity index (χ3n) is 4.38. The van der Waals surface area contributed by atoms with E-state index in [4.69, 9.17) is 4.74 Å². The molecular weight excluding hydrogens is 306 g/mol. The van der Waals surface area contributed by atoms with Crippen molar-refractivity contribution in [3.8, 4) is 5.75 Å². The normalized spacial score (nSPS) is 15.7. The number of rotatable bonds is 6. The van der Waals surface area contributed by atoms with E-state index in [1.165, 1.54) is 37.7 Å². The van der Waals surface area contributed by atoms with Gasteiger partial charge in [0.05, 0.1) is 6.61 Å². The first-order chi connectivity index (χ1) is 11.2. The van der Waals surface area contributed by atoms with Gasteiger partial charge in [-0.1, -0.05) is 48.7 Å². The zero-order valence-corrected chi connectivity index (χ0v) is 14.8. The number of hydrogen-bond acceptors (Lipinski definition) is 4. The Labute approximate surface area is 142 Å². The summed E-state index contributed by atoms with van der Waals surface area (Å²) in [4.78, 5) is 0. The fourth-order valence-electron chi connectivity index (χ4n) is 3.13. The lowest BCUT2D eigenvalue weighted by molar-refractivity contribution is 0.330. The van der Waals surface area contributed by atoms with Gasteiger partial charge >= 0.3 is 0 Å². The van der Waals surface area contributed by atoms with Crippen molar-refractivity contribution in [3.63, 3.8) is 0 Å². The molecule has 1 aromatic heterocycles. The Morgan fingerprint density at radius 3 is 2.57 bits per heavy atom. The number of aryl methyl sites for hydroxylation is 2. The zero-order chi connectivity index (χ0) is 16.1. The summed E-state index contributed by atoms with van der Waals surface area (Å²) in [6.45, 7) is 4.83. The monoisotopic (exact) mass is 331 g/mol. The van der Waals surface area contributed by atoms with Crippen LogP contribution in [0.4, 0.5) is 0 Å². The summed E-state index contributed by atoms with van der Waals surface area (Å²) < 4.78 is 8.14. The van der Waals surface area contributed by atoms with E-state index >= 15 is 0 Å². The Balaban J connectivity index is 1.53. The molecule has 124 valence electrons. The van der Waals surface area contributed by atoms with E-state index in [0.717, 1.165) is 22.5 Å². The third-order valence-corrected chi connectivity index (χ3v) is 5.29. The number of thioether (sulfide) groups is 1. The zero-order valence-electron chi connectivity index (χ0n) is 14.0. The largest absolute Gasteiger partial charge is 0.493 e. The topological polar surface area (TPSA) is 39.9 Å². The molecule has 0 N–H and O–H groups in total. The number of benzene rings is 1. The minimum atomic E-state index is 0.583. The minimum Gasteiger partial charge on any atom is -0.493 e. The van der Waals surface area contributed by atoms with Gasteiger partial charge in [-0.25, -0.2) is 0 Å². The molecule has 1 aliphatic carbocycles. The maximum absolute atomic E-state index is 5.80. The van der Waals surface area contributed by atoms with Gasteiger partial charge in [-0.15, -0.1) is 10.2 Å². The summed E-state index contributed by atoms with van der Waals surface area (Å²) in [5, 5.41) is 9.70. The van der Waals surface area contributed by atoms with Gasteiger partial charge in [0.1, 0.15) is 11.6 Å². The van der Waals surface area contributed by atoms with Gasteiger partial charge in [0, 0.05) is 11.8 Å². The van der Waals surface area contributed by atoms with Crippen LogP contribution in [0.25, 0.3) is 0 Å². The van der Waals surface area contributed by atoms with Crippen LogP contribution >= 0.6 is 11.8 Å². The molecule has 1 aromatic carbocycles. The van der Waals surface area contributed by atoms with Crippen LogP contribution in [0.3, 0.4) is 0 Å². The molecule has 1 fully saturated rings. The van der Waals surface area contributed by atoms with Crippen LogP contribution in [0, 0.1) is 13.8 Å². The standard InChI is InChI=1S/C18H25N3OS/c1-14-8-10-17(11-9-14)22-12-13-23-18-20-19-15(2)21(18)16-6-4-3-5-7-16/h8-11,16H,3-7,12-13H2,1-2H3. The highest BCUT2D eigenvalue weighted by molar-refractivity contribution is 7.99. The molecule has 0 bridgehead atoms. The molecule has 0 spiro atoms. The second-order valence-electron chi connectivity index (χ2n) is 6.20. The van der Waals surface area contributed by atoms with Crippen LogP contribution in [0.1, 0.15) is 49.5 Å². The van der Waals surface area contributed by atoms with Gasteiger partial charge in [-0.05, 0) is 38.8 Å². The van der Waals surface area contributed by atoms with Gasteiger partial charge < -0.3 is 9.30 Å². The van der Waals surface area contributed by atoms with Crippen molar-refractivity contribution >= 4 is 11.8 Å². The smallest absolute Gasteiger partial charge is 0.191 e. The van der Waals surface area contributed by atoms with Crippen LogP contribution in [-0.4, -0.2) is 27.1 Å². The predicted octanol–water partition coefficient (Wildman–Crippen LogP) is 4.57. The highest BCUT2D eigenvalue weighted by atomic mass is 32.2. The molecule has 2 aromatic rings. The quantitative estimate of drug-likeness (QED) is 0.574. The van der Waals surface area contributed by atoms with Crippen LogP contribution in [0.15, 0.2) is 29.4 Å². The number of hydrogen-bond donors (Lipinski definition) is 0. The number of aromatic nitrogens is 3. The Morgan fingerprint density at radius 1 is 1.09 bits per heavy atom. The molecule has 3 rings (SSSR count). The second-order valence-corrected chi connectivity index (χ2v) is 7.26. The molecule has 0 amide bonds. The van der Waals surface area contributed by atoms with Crippen molar-refractivity contribution in [2.75, 3.05) is 12.4 Å². The summed E-state index contributed by atoms with van der Waals surface area (Å²) in [6, 6.07) is 8.78. The molecule has 23 heavy (non-hydrogen) atoms. The molecule has 4 nitrogen and oxygen atoms in total. The van der Waals surface area contributed by atoms with Crippen molar-refractivity contribution < 1.29 is 4.74 Å². The van der Waals surface area contributed by atoms with Gasteiger partial charge in [0.15, 0.2) is 5.16 Å². The van der Waals surface area contributed by atoms with E-state index in [0.29, 0.717) is 12.6 Å². The molecule has 1 saturated carbocycles. The number of ether oxygens (including phenoxy) is 1. The van der Waals surface area contributed by atoms with Gasteiger partial charge in [-0.3, -0.25) is 0 Å². The summed E-state index contributed by atoms with van der Waals surface area (Å²) >= 11 is 1.75. The first-order valence-electron chi connectivity index (χ1n) is 8.48. The van der Waals surface area contributed by atoms with E-state index in [1.54, 1.807) is 11.8 Å². The van der Waals surface area contributed by atoms with Crippen LogP contribution in [0.2, 0.25) is 0 Å². The molecule has 0 aliphatic heterocycles. The van der Waals surface area contributed by atoms with Crippen LogP contribution in [-0.2, 0) is 0 Å². The van der Waals surface area contributed by atoms with Crippen molar-refractivity contribution in [1.82, 2.24) is 14.8 Å². The fourth-order valence-corrected chi connectivity index (χ4v) is 4.00. The molecule has 5 heteroatoms. The second kappa shape index (κ2) is 7.86. The molecule has 0 atom stereocenters. The lowest BCUT2D eigenvalue weighted by Crippen LogP contribution is -2.15. The Hall–Kier alpha value is -1.49. The summed E-state index contributed by atoms with van der Waals surface area (Å²) in [5.41, 5.74) is 1.25. The SMILES string of the molecule is Cc1ccc(OCCSc2nnc(C)n2C2CCCCC2)cc1. The van der Waals surface area contributed by atoms with E-state index < -0.39 is 0 Å². The molecular formula is C18H25N3OS. The van der Waals surface area contributed by atoms with E-state index in [2.05, 4.69) is 40.7 Å². The van der Waals surface area contributed by atoms with Crippen LogP contribution < -0.4 is 4.74 Å². The van der Waals surface area contributed by atoms with Crippen molar-refractivity contribution in [2.24, 2.45) is 0 Å².